The zero-order valence-corrected chi connectivity index (χ0v) is 21.4. The Morgan fingerprint density at radius 2 is 2.08 bits per heavy atom. The summed E-state index contributed by atoms with van der Waals surface area (Å²) in [5.74, 6) is 1.85. The molecule has 0 spiro atoms. The van der Waals surface area contributed by atoms with Gasteiger partial charge in [0.15, 0.2) is 17.3 Å². The van der Waals surface area contributed by atoms with Crippen molar-refractivity contribution in [1.82, 2.24) is 34.7 Å². The third-order valence-corrected chi connectivity index (χ3v) is 5.90. The van der Waals surface area contributed by atoms with Gasteiger partial charge in [0.2, 0.25) is 0 Å². The molecular weight excluding hydrogens is 472 g/mol. The van der Waals surface area contributed by atoms with Gasteiger partial charge in [-0.25, -0.2) is 14.6 Å². The van der Waals surface area contributed by atoms with E-state index < -0.39 is 0 Å². The maximum Gasteiger partial charge on any atom is 0.274 e. The van der Waals surface area contributed by atoms with Crippen molar-refractivity contribution in [1.29, 1.82) is 0 Å². The van der Waals surface area contributed by atoms with Crippen molar-refractivity contribution in [3.8, 4) is 28.6 Å². The van der Waals surface area contributed by atoms with Crippen LogP contribution in [0.2, 0.25) is 0 Å². The molecule has 11 nitrogen and oxygen atoms in total. The van der Waals surface area contributed by atoms with Gasteiger partial charge in [-0.1, -0.05) is 19.9 Å². The highest BCUT2D eigenvalue weighted by Gasteiger charge is 2.27. The normalized spacial score (nSPS) is 14.0. The van der Waals surface area contributed by atoms with Gasteiger partial charge in [-0.3, -0.25) is 4.79 Å². The van der Waals surface area contributed by atoms with E-state index in [0.29, 0.717) is 53.3 Å². The Kier molecular flexibility index (Phi) is 6.85. The third kappa shape index (κ3) is 5.02. The monoisotopic (exact) mass is 504 g/mol. The molecular formula is C26H32N8O3. The van der Waals surface area contributed by atoms with Crippen LogP contribution in [0.15, 0.2) is 43.0 Å². The second kappa shape index (κ2) is 10.4. The molecule has 4 heterocycles. The van der Waals surface area contributed by atoms with Crippen molar-refractivity contribution in [2.75, 3.05) is 11.9 Å². The van der Waals surface area contributed by atoms with Gasteiger partial charge in [-0.2, -0.15) is 0 Å². The van der Waals surface area contributed by atoms with Gasteiger partial charge < -0.3 is 19.4 Å². The quantitative estimate of drug-likeness (QED) is 0.407. The highest BCUT2D eigenvalue weighted by molar-refractivity contribution is 6.04. The number of carbonyl (C=O) groups is 1. The summed E-state index contributed by atoms with van der Waals surface area (Å²) in [5, 5.41) is 14.8. The molecule has 1 N–H and O–H groups in total. The number of anilines is 1. The molecule has 1 saturated carbocycles. The van der Waals surface area contributed by atoms with E-state index in [4.69, 9.17) is 9.47 Å². The molecule has 0 bridgehead atoms. The van der Waals surface area contributed by atoms with E-state index in [1.165, 1.54) is 0 Å². The Labute approximate surface area is 216 Å². The number of hydrogen-bond acceptors (Lipinski definition) is 8. The number of imidazole rings is 1. The Morgan fingerprint density at radius 1 is 1.24 bits per heavy atom. The average molecular weight is 505 g/mol. The van der Waals surface area contributed by atoms with Crippen LogP contribution >= 0.6 is 0 Å². The molecule has 2 aliphatic rings. The van der Waals surface area contributed by atoms with E-state index in [2.05, 4.69) is 30.8 Å². The predicted octanol–water partition coefficient (Wildman–Crippen LogP) is 4.50. The minimum absolute atomic E-state index is 0. The fraction of sp³-hybridized carbons (Fsp3) is 0.385. The lowest BCUT2D eigenvalue weighted by Crippen LogP contribution is -2.16. The number of amides is 1. The lowest BCUT2D eigenvalue weighted by molar-refractivity contribution is 0.102. The van der Waals surface area contributed by atoms with Crippen LogP contribution in [0.4, 0.5) is 5.69 Å². The number of ether oxygens (including phenoxy) is 2. The van der Waals surface area contributed by atoms with E-state index >= 15 is 0 Å². The van der Waals surface area contributed by atoms with Crippen LogP contribution in [-0.2, 0) is 6.54 Å². The van der Waals surface area contributed by atoms with Gasteiger partial charge >= 0.3 is 0 Å². The zero-order chi connectivity index (χ0) is 25.9. The molecule has 0 saturated heterocycles. The van der Waals surface area contributed by atoms with Crippen molar-refractivity contribution in [2.45, 2.75) is 59.1 Å². The first-order chi connectivity index (χ1) is 18.1. The van der Waals surface area contributed by atoms with Crippen molar-refractivity contribution in [2.24, 2.45) is 0 Å². The summed E-state index contributed by atoms with van der Waals surface area (Å²) in [6.07, 6.45) is 7.61. The maximum atomic E-state index is 13.3. The summed E-state index contributed by atoms with van der Waals surface area (Å²) >= 11 is 0. The van der Waals surface area contributed by atoms with E-state index in [0.717, 1.165) is 18.5 Å². The van der Waals surface area contributed by atoms with Gasteiger partial charge in [0.25, 0.3) is 5.91 Å². The molecule has 194 valence electrons. The van der Waals surface area contributed by atoms with E-state index in [1.807, 2.05) is 50.6 Å². The Hall–Kier alpha value is -4.28. The van der Waals surface area contributed by atoms with Crippen LogP contribution in [0.3, 0.4) is 0 Å². The van der Waals surface area contributed by atoms with Crippen LogP contribution in [0, 0.1) is 0 Å². The summed E-state index contributed by atoms with van der Waals surface area (Å²) in [6, 6.07) is 7.19. The van der Waals surface area contributed by atoms with Crippen molar-refractivity contribution >= 4 is 11.6 Å². The molecule has 4 aromatic rings. The molecule has 0 atom stereocenters. The lowest BCUT2D eigenvalue weighted by atomic mass is 10.1. The number of hydrogen-bond donors (Lipinski definition) is 1. The molecule has 0 radical (unpaired) electrons. The minimum Gasteiger partial charge on any atom is -0.489 e. The van der Waals surface area contributed by atoms with Gasteiger partial charge in [0.05, 0.1) is 47.8 Å². The first-order valence-corrected chi connectivity index (χ1v) is 12.6. The number of nitrogens with one attached hydrogen (secondary N) is 1. The van der Waals surface area contributed by atoms with Crippen molar-refractivity contribution in [3.63, 3.8) is 0 Å². The van der Waals surface area contributed by atoms with E-state index in [9.17, 15) is 4.79 Å². The number of para-hydroxylation sites is 1. The number of rotatable bonds is 6. The van der Waals surface area contributed by atoms with Gasteiger partial charge in [-0.15, -0.1) is 5.10 Å². The highest BCUT2D eigenvalue weighted by atomic mass is 16.5. The molecule has 3 aromatic heterocycles. The largest absolute Gasteiger partial charge is 0.489 e. The summed E-state index contributed by atoms with van der Waals surface area (Å²) in [6.45, 7) is 8.79. The molecule has 1 aromatic carbocycles. The molecule has 37 heavy (non-hydrogen) atoms. The lowest BCUT2D eigenvalue weighted by Gasteiger charge is -2.16. The van der Waals surface area contributed by atoms with Gasteiger partial charge in [0, 0.05) is 13.5 Å². The Bertz CT molecular complexity index is 1410. The number of tetrazole rings is 1. The SMILES string of the molecule is CC.CC(C)Oc1cnc(C(=O)Nc2cccc3c2OCCn2nnnc2-3)cc1-n1cnc(C2CC2)c1.[HH]. The zero-order valence-electron chi connectivity index (χ0n) is 21.4. The average Bonchev–Trinajstić information content (AvgIpc) is 3.51. The number of fused-ring (bicyclic) bond motifs is 3. The molecule has 6 rings (SSSR count). The first kappa shape index (κ1) is 24.4. The maximum absolute atomic E-state index is 13.3. The number of pyridine rings is 1. The summed E-state index contributed by atoms with van der Waals surface area (Å²) in [4.78, 5) is 22.2. The molecule has 1 fully saturated rings. The van der Waals surface area contributed by atoms with Crippen LogP contribution in [0.5, 0.6) is 11.5 Å². The smallest absolute Gasteiger partial charge is 0.274 e. The van der Waals surface area contributed by atoms with Crippen LogP contribution in [0.25, 0.3) is 17.1 Å². The molecule has 1 amide bonds. The molecule has 11 heteroatoms. The van der Waals surface area contributed by atoms with E-state index in [-0.39, 0.29) is 19.1 Å². The van der Waals surface area contributed by atoms with Crippen LogP contribution in [-0.4, -0.2) is 53.4 Å². The number of carbonyl (C=O) groups excluding carboxylic acids is 1. The molecule has 1 aliphatic carbocycles. The summed E-state index contributed by atoms with van der Waals surface area (Å²) in [7, 11) is 0. The number of nitrogens with zero attached hydrogens (tertiary/aromatic N) is 7. The fourth-order valence-corrected chi connectivity index (χ4v) is 4.10. The van der Waals surface area contributed by atoms with Crippen molar-refractivity contribution in [3.05, 3.63) is 54.4 Å². The second-order valence-corrected chi connectivity index (χ2v) is 8.89. The van der Waals surface area contributed by atoms with Crippen LogP contribution < -0.4 is 14.8 Å². The summed E-state index contributed by atoms with van der Waals surface area (Å²) in [5.41, 5.74) is 3.24. The van der Waals surface area contributed by atoms with Crippen molar-refractivity contribution < 1.29 is 15.7 Å². The first-order valence-electron chi connectivity index (χ1n) is 12.6. The van der Waals surface area contributed by atoms with Gasteiger partial charge in [0.1, 0.15) is 12.3 Å². The molecule has 1 aliphatic heterocycles. The minimum atomic E-state index is -0.370. The standard InChI is InChI=1S/C24H24N8O3.C2H6.H2/c1-14(2)35-21-11-25-18(10-20(21)31-12-19(26-13-31)15-6-7-15)24(33)27-17-5-3-4-16-22(17)34-9-8-32-23(16)28-29-30-32;1-2;/h3-5,10-15H,6-9H2,1-2H3,(H,27,33);1-2H3;1H. The highest BCUT2D eigenvalue weighted by Crippen LogP contribution is 2.40. The predicted molar refractivity (Wildman–Crippen MR) is 139 cm³/mol. The number of aromatic nitrogens is 7. The Morgan fingerprint density at radius 3 is 2.86 bits per heavy atom. The number of benzene rings is 1. The van der Waals surface area contributed by atoms with E-state index in [1.54, 1.807) is 29.3 Å². The fourth-order valence-electron chi connectivity index (χ4n) is 4.10. The molecule has 0 unspecified atom stereocenters. The van der Waals surface area contributed by atoms with Crippen LogP contribution in [0.1, 0.15) is 64.1 Å². The third-order valence-electron chi connectivity index (χ3n) is 5.90. The second-order valence-electron chi connectivity index (χ2n) is 8.89. The topological polar surface area (TPSA) is 122 Å². The van der Waals surface area contributed by atoms with Gasteiger partial charge in [-0.05, 0) is 55.3 Å². The Balaban J connectivity index is 0.00000110. The summed E-state index contributed by atoms with van der Waals surface area (Å²) < 4.78 is 15.5.